The molecule has 0 radical (unpaired) electrons. The molecule has 0 saturated carbocycles. The van der Waals surface area contributed by atoms with Crippen molar-refractivity contribution in [1.82, 2.24) is 14.5 Å². The predicted molar refractivity (Wildman–Crippen MR) is 118 cm³/mol. The summed E-state index contributed by atoms with van der Waals surface area (Å²) in [6.45, 7) is 1.44. The zero-order valence-electron chi connectivity index (χ0n) is 19.1. The summed E-state index contributed by atoms with van der Waals surface area (Å²) >= 11 is 0. The summed E-state index contributed by atoms with van der Waals surface area (Å²) in [4.78, 5) is 21.9. The summed E-state index contributed by atoms with van der Waals surface area (Å²) < 4.78 is 85.8. The summed E-state index contributed by atoms with van der Waals surface area (Å²) in [6.07, 6.45) is -2.13. The number of benzene rings is 1. The first-order chi connectivity index (χ1) is 17.6. The molecule has 6 rings (SSSR count). The quantitative estimate of drug-likeness (QED) is 0.468. The summed E-state index contributed by atoms with van der Waals surface area (Å²) in [5, 5.41) is 0. The highest BCUT2D eigenvalue weighted by atomic mass is 19.4. The van der Waals surface area contributed by atoms with Crippen LogP contribution in [0.5, 0.6) is 17.4 Å². The van der Waals surface area contributed by atoms with Crippen molar-refractivity contribution in [2.75, 3.05) is 18.1 Å². The van der Waals surface area contributed by atoms with Crippen LogP contribution in [0.2, 0.25) is 0 Å². The lowest BCUT2D eigenvalue weighted by Gasteiger charge is -2.44. The molecule has 1 aromatic carbocycles. The van der Waals surface area contributed by atoms with Crippen molar-refractivity contribution in [2.24, 2.45) is 0 Å². The largest absolute Gasteiger partial charge is 0.473 e. The third-order valence-electron chi connectivity index (χ3n) is 6.88. The second-order valence-corrected chi connectivity index (χ2v) is 9.26. The lowest BCUT2D eigenvalue weighted by molar-refractivity contribution is -0.141. The number of anilines is 1. The molecule has 0 amide bonds. The Kier molecular flexibility index (Phi) is 5.37. The third kappa shape index (κ3) is 4.16. The number of pyridine rings is 1. The fourth-order valence-electron chi connectivity index (χ4n) is 5.16. The minimum atomic E-state index is -4.74. The highest BCUT2D eigenvalue weighted by molar-refractivity contribution is 5.50. The van der Waals surface area contributed by atoms with Gasteiger partial charge in [0.1, 0.15) is 23.9 Å². The van der Waals surface area contributed by atoms with E-state index in [1.54, 1.807) is 10.6 Å². The third-order valence-corrected chi connectivity index (χ3v) is 6.88. The second-order valence-electron chi connectivity index (χ2n) is 9.26. The molecule has 194 valence electrons. The Labute approximate surface area is 206 Å². The Bertz CT molecular complexity index is 1420. The van der Waals surface area contributed by atoms with Gasteiger partial charge in [-0.3, -0.25) is 9.55 Å². The van der Waals surface area contributed by atoms with Crippen molar-refractivity contribution in [1.29, 1.82) is 0 Å². The summed E-state index contributed by atoms with van der Waals surface area (Å²) in [5.74, 6) is -2.90. The van der Waals surface area contributed by atoms with Crippen LogP contribution < -0.4 is 20.1 Å². The normalized spacial score (nSPS) is 22.1. The zero-order valence-corrected chi connectivity index (χ0v) is 19.1. The second kappa shape index (κ2) is 8.40. The lowest BCUT2D eigenvalue weighted by Crippen LogP contribution is -2.54. The van der Waals surface area contributed by atoms with Crippen molar-refractivity contribution in [3.63, 3.8) is 0 Å². The van der Waals surface area contributed by atoms with E-state index in [-0.39, 0.29) is 29.7 Å². The molecule has 1 spiro atoms. The number of halogens is 5. The van der Waals surface area contributed by atoms with E-state index in [0.717, 1.165) is 37.2 Å². The molecule has 8 nitrogen and oxygen atoms in total. The average Bonchev–Trinajstić information content (AvgIpc) is 3.43. The Balaban J connectivity index is 1.20. The van der Waals surface area contributed by atoms with E-state index >= 15 is 0 Å². The number of alkyl halides is 3. The Morgan fingerprint density at radius 2 is 1.95 bits per heavy atom. The van der Waals surface area contributed by atoms with Crippen LogP contribution in [0.4, 0.5) is 27.8 Å². The molecule has 37 heavy (non-hydrogen) atoms. The van der Waals surface area contributed by atoms with Gasteiger partial charge in [0.25, 0.3) is 0 Å². The van der Waals surface area contributed by atoms with E-state index in [2.05, 4.69) is 14.9 Å². The van der Waals surface area contributed by atoms with Gasteiger partial charge in [-0.15, -0.1) is 0 Å². The summed E-state index contributed by atoms with van der Waals surface area (Å²) in [7, 11) is 0. The zero-order chi connectivity index (χ0) is 25.9. The number of hydrogen-bond acceptors (Lipinski definition) is 7. The molecule has 2 aromatic heterocycles. The molecule has 2 fully saturated rings. The number of nitrogens with zero attached hydrogens (tertiary/aromatic N) is 4. The van der Waals surface area contributed by atoms with Gasteiger partial charge in [0.05, 0.1) is 18.2 Å². The standard InChI is InChI=1S/C24H19F5N4O4/c25-16-5-13(6-17(26)21(16)37-14-1-3-30-18(7-14)24(27,28)29)11-35-19-8-20-32(22(34)31-19)4-2-23-9-15(36-12-23)10-33(20)23/h1,3,5-8,15H,2,4,9-12H2/t15-,23-/m0/s1. The molecule has 0 unspecified atom stereocenters. The Hall–Kier alpha value is -3.74. The molecule has 2 atom stereocenters. The summed E-state index contributed by atoms with van der Waals surface area (Å²) in [5.41, 5.74) is -1.82. The first kappa shape index (κ1) is 23.6. The van der Waals surface area contributed by atoms with Crippen LogP contribution in [0.1, 0.15) is 24.1 Å². The molecule has 3 aliphatic heterocycles. The Morgan fingerprint density at radius 1 is 1.16 bits per heavy atom. The van der Waals surface area contributed by atoms with Gasteiger partial charge in [-0.05, 0) is 30.2 Å². The van der Waals surface area contributed by atoms with Crippen molar-refractivity contribution in [3.05, 3.63) is 69.9 Å². The minimum absolute atomic E-state index is 0.00889. The molecule has 3 aliphatic rings. The van der Waals surface area contributed by atoms with Gasteiger partial charge in [-0.25, -0.2) is 13.6 Å². The van der Waals surface area contributed by atoms with Crippen LogP contribution in [0.3, 0.4) is 0 Å². The lowest BCUT2D eigenvalue weighted by atomic mass is 9.92. The number of morpholine rings is 1. The molecule has 0 aliphatic carbocycles. The molecule has 2 saturated heterocycles. The molecule has 0 N–H and O–H groups in total. The highest BCUT2D eigenvalue weighted by Crippen LogP contribution is 2.46. The van der Waals surface area contributed by atoms with Crippen molar-refractivity contribution >= 4 is 5.82 Å². The van der Waals surface area contributed by atoms with E-state index < -0.39 is 40.7 Å². The molecular formula is C24H19F5N4O4. The van der Waals surface area contributed by atoms with Gasteiger partial charge in [0, 0.05) is 37.8 Å². The van der Waals surface area contributed by atoms with Gasteiger partial charge in [0.2, 0.25) is 5.88 Å². The number of ether oxygens (including phenoxy) is 3. The van der Waals surface area contributed by atoms with Crippen molar-refractivity contribution in [2.45, 2.75) is 43.8 Å². The first-order valence-corrected chi connectivity index (χ1v) is 11.4. The van der Waals surface area contributed by atoms with E-state index in [4.69, 9.17) is 14.2 Å². The highest BCUT2D eigenvalue weighted by Gasteiger charge is 2.54. The maximum Gasteiger partial charge on any atom is 0.433 e. The van der Waals surface area contributed by atoms with E-state index in [9.17, 15) is 26.7 Å². The Morgan fingerprint density at radius 3 is 2.68 bits per heavy atom. The van der Waals surface area contributed by atoms with Gasteiger partial charge < -0.3 is 19.1 Å². The van der Waals surface area contributed by atoms with E-state index in [1.807, 2.05) is 0 Å². The molecule has 13 heteroatoms. The molecular weight excluding hydrogens is 503 g/mol. The average molecular weight is 522 g/mol. The molecule has 5 heterocycles. The maximum atomic E-state index is 14.6. The maximum absolute atomic E-state index is 14.6. The van der Waals surface area contributed by atoms with Crippen LogP contribution in [-0.4, -0.2) is 39.3 Å². The van der Waals surface area contributed by atoms with Crippen LogP contribution in [0, 0.1) is 11.6 Å². The monoisotopic (exact) mass is 522 g/mol. The topological polar surface area (TPSA) is 78.7 Å². The minimum Gasteiger partial charge on any atom is -0.473 e. The van der Waals surface area contributed by atoms with Crippen LogP contribution >= 0.6 is 0 Å². The van der Waals surface area contributed by atoms with Gasteiger partial charge in [-0.2, -0.15) is 18.2 Å². The van der Waals surface area contributed by atoms with Crippen LogP contribution in [-0.2, 0) is 24.1 Å². The smallest absolute Gasteiger partial charge is 0.433 e. The number of aromatic nitrogens is 3. The number of hydrogen-bond donors (Lipinski definition) is 0. The summed E-state index contributed by atoms with van der Waals surface area (Å²) in [6, 6.07) is 5.09. The first-order valence-electron chi connectivity index (χ1n) is 11.4. The van der Waals surface area contributed by atoms with E-state index in [0.29, 0.717) is 31.6 Å². The van der Waals surface area contributed by atoms with Gasteiger partial charge >= 0.3 is 11.9 Å². The number of rotatable bonds is 5. The van der Waals surface area contributed by atoms with Gasteiger partial charge in [0.15, 0.2) is 17.4 Å². The number of fused-ring (bicyclic) bond motifs is 3. The van der Waals surface area contributed by atoms with Crippen molar-refractivity contribution < 1.29 is 36.2 Å². The van der Waals surface area contributed by atoms with Crippen LogP contribution in [0.15, 0.2) is 41.3 Å². The van der Waals surface area contributed by atoms with Crippen molar-refractivity contribution in [3.8, 4) is 17.4 Å². The molecule has 2 bridgehead atoms. The van der Waals surface area contributed by atoms with E-state index in [1.165, 1.54) is 0 Å². The fourth-order valence-corrected chi connectivity index (χ4v) is 5.16. The predicted octanol–water partition coefficient (Wildman–Crippen LogP) is 4.06. The van der Waals surface area contributed by atoms with Gasteiger partial charge in [-0.1, -0.05) is 0 Å². The fraction of sp³-hybridized carbons (Fsp3) is 0.375. The SMILES string of the molecule is O=c1nc(OCc2cc(F)c(Oc3ccnc(C(F)(F)F)c3)c(F)c2)cc2n1CC[C@]13CO[C@H](CN21)C3. The van der Waals surface area contributed by atoms with Crippen LogP contribution in [0.25, 0.3) is 0 Å². The molecule has 3 aromatic rings.